The number of aryl methyl sites for hydroxylation is 2. The number of fused-ring (bicyclic) bond motifs is 1. The van der Waals surface area contributed by atoms with Gasteiger partial charge in [0.25, 0.3) is 0 Å². The molecule has 1 aliphatic heterocycles. The second kappa shape index (κ2) is 7.44. The fourth-order valence-corrected chi connectivity index (χ4v) is 3.63. The van der Waals surface area contributed by atoms with Crippen LogP contribution in [0.5, 0.6) is 0 Å². The summed E-state index contributed by atoms with van der Waals surface area (Å²) in [5.41, 5.74) is 2.26. The molecule has 7 nitrogen and oxygen atoms in total. The summed E-state index contributed by atoms with van der Waals surface area (Å²) in [5.74, 6) is 0.807. The zero-order valence-electron chi connectivity index (χ0n) is 14.6. The molecule has 0 radical (unpaired) electrons. The normalized spacial score (nSPS) is 26.3. The average Bonchev–Trinajstić information content (AvgIpc) is 2.98. The highest BCUT2D eigenvalue weighted by molar-refractivity contribution is 5.75. The van der Waals surface area contributed by atoms with Gasteiger partial charge in [0.1, 0.15) is 5.82 Å². The van der Waals surface area contributed by atoms with Crippen LogP contribution >= 0.6 is 0 Å². The van der Waals surface area contributed by atoms with Crippen LogP contribution in [-0.2, 0) is 22.3 Å². The summed E-state index contributed by atoms with van der Waals surface area (Å²) in [5, 5.41) is 3.17. The topological polar surface area (TPSA) is 76.6 Å². The average molecular weight is 334 g/mol. The Hall–Kier alpha value is -1.73. The smallest absolute Gasteiger partial charge is 0.318 e. The number of hydrogen-bond acceptors (Lipinski definition) is 5. The summed E-state index contributed by atoms with van der Waals surface area (Å²) in [7, 11) is 3.35. The van der Waals surface area contributed by atoms with Crippen LogP contribution in [0, 0.1) is 6.92 Å². The molecule has 3 rings (SSSR count). The minimum Gasteiger partial charge on any atom is -0.383 e. The molecule has 7 heteroatoms. The maximum atomic E-state index is 12.7. The summed E-state index contributed by atoms with van der Waals surface area (Å²) >= 11 is 0. The Bertz CT molecular complexity index is 595. The van der Waals surface area contributed by atoms with E-state index < -0.39 is 0 Å². The van der Waals surface area contributed by atoms with Crippen LogP contribution in [-0.4, -0.2) is 66.5 Å². The Labute approximate surface area is 142 Å². The molecule has 1 aromatic heterocycles. The maximum absolute atomic E-state index is 12.7. The Balaban J connectivity index is 1.61. The predicted molar refractivity (Wildman–Crippen MR) is 88.9 cm³/mol. The molecule has 0 bridgehead atoms. The van der Waals surface area contributed by atoms with Crippen LogP contribution in [0.4, 0.5) is 4.79 Å². The van der Waals surface area contributed by atoms with E-state index in [1.807, 2.05) is 18.0 Å². The number of nitrogens with zero attached hydrogens (tertiary/aromatic N) is 3. The van der Waals surface area contributed by atoms with Crippen molar-refractivity contribution in [2.45, 2.75) is 50.8 Å². The van der Waals surface area contributed by atoms with Gasteiger partial charge in [0.05, 0.1) is 18.8 Å². The van der Waals surface area contributed by atoms with E-state index in [0.29, 0.717) is 13.2 Å². The van der Waals surface area contributed by atoms with Crippen LogP contribution in [0.1, 0.15) is 29.9 Å². The largest absolute Gasteiger partial charge is 0.383 e. The number of ether oxygens (including phenoxy) is 2. The first-order valence-corrected chi connectivity index (χ1v) is 8.51. The Morgan fingerprint density at radius 2 is 2.29 bits per heavy atom. The van der Waals surface area contributed by atoms with Gasteiger partial charge in [-0.2, -0.15) is 0 Å². The summed E-state index contributed by atoms with van der Waals surface area (Å²) in [6.07, 6.45) is 5.37. The van der Waals surface area contributed by atoms with E-state index in [1.54, 1.807) is 14.2 Å². The number of nitrogens with one attached hydrogen (secondary N) is 1. The first-order valence-electron chi connectivity index (χ1n) is 8.51. The van der Waals surface area contributed by atoms with Crippen molar-refractivity contribution < 1.29 is 14.3 Å². The number of carbonyl (C=O) groups is 1. The van der Waals surface area contributed by atoms with Crippen LogP contribution in [0.15, 0.2) is 6.20 Å². The molecule has 1 N–H and O–H groups in total. The van der Waals surface area contributed by atoms with Crippen molar-refractivity contribution in [2.24, 2.45) is 0 Å². The van der Waals surface area contributed by atoms with Crippen molar-refractivity contribution >= 4 is 6.03 Å². The molecule has 132 valence electrons. The van der Waals surface area contributed by atoms with E-state index in [2.05, 4.69) is 15.3 Å². The third-order valence-corrected chi connectivity index (χ3v) is 4.93. The monoisotopic (exact) mass is 334 g/mol. The number of likely N-dealkylation sites (tertiary alicyclic amines) is 1. The SMILES string of the molecule is COC[C@@H]1C[C@@H](OC)CN1C(=O)NC1CCc2nc(C)ncc2C1. The number of rotatable bonds is 4. The number of aromatic nitrogens is 2. The highest BCUT2D eigenvalue weighted by Crippen LogP contribution is 2.22. The van der Waals surface area contributed by atoms with Crippen molar-refractivity contribution in [1.82, 2.24) is 20.2 Å². The van der Waals surface area contributed by atoms with Crippen LogP contribution in [0.3, 0.4) is 0 Å². The summed E-state index contributed by atoms with van der Waals surface area (Å²) in [4.78, 5) is 23.3. The molecule has 1 saturated heterocycles. The fourth-order valence-electron chi connectivity index (χ4n) is 3.63. The molecule has 0 saturated carbocycles. The Morgan fingerprint density at radius 1 is 1.46 bits per heavy atom. The lowest BCUT2D eigenvalue weighted by molar-refractivity contribution is 0.109. The molecule has 0 spiro atoms. The summed E-state index contributed by atoms with van der Waals surface area (Å²) in [6, 6.07) is 0.168. The number of methoxy groups -OCH3 is 2. The van der Waals surface area contributed by atoms with Crippen molar-refractivity contribution in [3.63, 3.8) is 0 Å². The lowest BCUT2D eigenvalue weighted by Crippen LogP contribution is -2.49. The molecule has 1 fully saturated rings. The second-order valence-electron chi connectivity index (χ2n) is 6.63. The zero-order chi connectivity index (χ0) is 17.1. The molecule has 3 atom stereocenters. The fraction of sp³-hybridized carbons (Fsp3) is 0.706. The summed E-state index contributed by atoms with van der Waals surface area (Å²) < 4.78 is 10.7. The van der Waals surface area contributed by atoms with Gasteiger partial charge in [-0.25, -0.2) is 14.8 Å². The van der Waals surface area contributed by atoms with E-state index in [1.165, 1.54) is 0 Å². The Morgan fingerprint density at radius 3 is 3.04 bits per heavy atom. The minimum absolute atomic E-state index is 0.0296. The molecular weight excluding hydrogens is 308 g/mol. The highest BCUT2D eigenvalue weighted by Gasteiger charge is 2.36. The number of hydrogen-bond donors (Lipinski definition) is 1. The molecule has 1 unspecified atom stereocenters. The van der Waals surface area contributed by atoms with Crippen LogP contribution in [0.25, 0.3) is 0 Å². The van der Waals surface area contributed by atoms with Crippen molar-refractivity contribution in [3.05, 3.63) is 23.3 Å². The maximum Gasteiger partial charge on any atom is 0.318 e. The first kappa shape index (κ1) is 17.1. The molecule has 2 heterocycles. The van der Waals surface area contributed by atoms with Gasteiger partial charge >= 0.3 is 6.03 Å². The highest BCUT2D eigenvalue weighted by atomic mass is 16.5. The molecule has 24 heavy (non-hydrogen) atoms. The third kappa shape index (κ3) is 3.67. The summed E-state index contributed by atoms with van der Waals surface area (Å²) in [6.45, 7) is 3.06. The van der Waals surface area contributed by atoms with Gasteiger partial charge in [-0.1, -0.05) is 0 Å². The molecule has 2 aliphatic rings. The third-order valence-electron chi connectivity index (χ3n) is 4.93. The molecule has 1 aliphatic carbocycles. The zero-order valence-corrected chi connectivity index (χ0v) is 14.6. The van der Waals surface area contributed by atoms with Gasteiger partial charge in [0.15, 0.2) is 0 Å². The van der Waals surface area contributed by atoms with Crippen LogP contribution < -0.4 is 5.32 Å². The molecule has 2 amide bonds. The lowest BCUT2D eigenvalue weighted by Gasteiger charge is -2.29. The van der Waals surface area contributed by atoms with E-state index in [0.717, 1.165) is 42.8 Å². The van der Waals surface area contributed by atoms with Crippen molar-refractivity contribution in [1.29, 1.82) is 0 Å². The predicted octanol–water partition coefficient (Wildman–Crippen LogP) is 1.09. The van der Waals surface area contributed by atoms with E-state index in [4.69, 9.17) is 9.47 Å². The molecular formula is C17H26N4O3. The van der Waals surface area contributed by atoms with Gasteiger partial charge in [-0.3, -0.25) is 0 Å². The van der Waals surface area contributed by atoms with Crippen molar-refractivity contribution in [3.8, 4) is 0 Å². The minimum atomic E-state index is -0.0296. The second-order valence-corrected chi connectivity index (χ2v) is 6.63. The van der Waals surface area contributed by atoms with E-state index in [-0.39, 0.29) is 24.2 Å². The lowest BCUT2D eigenvalue weighted by atomic mass is 9.93. The van der Waals surface area contributed by atoms with Gasteiger partial charge in [0, 0.05) is 38.7 Å². The van der Waals surface area contributed by atoms with Gasteiger partial charge in [-0.05, 0) is 38.2 Å². The standard InChI is InChI=1S/C17H26N4O3/c1-11-18-8-12-6-13(4-5-16(12)19-11)20-17(22)21-9-15(24-3)7-14(21)10-23-2/h8,13-15H,4-7,9-10H2,1-3H3,(H,20,22)/t13?,14-,15+/m0/s1. The molecule has 1 aromatic rings. The number of urea groups is 1. The number of amides is 2. The Kier molecular flexibility index (Phi) is 5.30. The first-order chi connectivity index (χ1) is 11.6. The van der Waals surface area contributed by atoms with Gasteiger partial charge in [-0.15, -0.1) is 0 Å². The quantitative estimate of drug-likeness (QED) is 0.892. The van der Waals surface area contributed by atoms with E-state index >= 15 is 0 Å². The van der Waals surface area contributed by atoms with Gasteiger partial charge < -0.3 is 19.7 Å². The van der Waals surface area contributed by atoms with Crippen molar-refractivity contribution in [2.75, 3.05) is 27.4 Å². The van der Waals surface area contributed by atoms with Crippen LogP contribution in [0.2, 0.25) is 0 Å². The number of carbonyl (C=O) groups excluding carboxylic acids is 1. The molecule has 0 aromatic carbocycles. The van der Waals surface area contributed by atoms with Gasteiger partial charge in [0.2, 0.25) is 0 Å². The van der Waals surface area contributed by atoms with E-state index in [9.17, 15) is 4.79 Å².